The van der Waals surface area contributed by atoms with Crippen molar-refractivity contribution in [3.05, 3.63) is 53.9 Å². The molecule has 1 fully saturated rings. The van der Waals surface area contributed by atoms with Gasteiger partial charge in [0.25, 0.3) is 5.91 Å². The number of amides is 1. The lowest BCUT2D eigenvalue weighted by Gasteiger charge is -2.25. The maximum Gasteiger partial charge on any atom is 0.254 e. The molecule has 2 N–H and O–H groups in total. The van der Waals surface area contributed by atoms with E-state index in [0.717, 1.165) is 18.4 Å². The van der Waals surface area contributed by atoms with E-state index in [2.05, 4.69) is 4.98 Å². The number of benzene rings is 1. The zero-order valence-electron chi connectivity index (χ0n) is 15.5. The number of carbonyl (C=O) groups excluding carboxylic acids is 1. The van der Waals surface area contributed by atoms with Crippen molar-refractivity contribution in [1.29, 1.82) is 0 Å². The van der Waals surface area contributed by atoms with Crippen LogP contribution in [-0.2, 0) is 10.0 Å². The number of hydrogen-bond donors (Lipinski definition) is 1. The second kappa shape index (κ2) is 7.66. The first-order valence-electron chi connectivity index (χ1n) is 8.88. The minimum Gasteiger partial charge on any atom is -0.399 e. The molecule has 2 aromatic rings. The van der Waals surface area contributed by atoms with Gasteiger partial charge in [-0.3, -0.25) is 9.78 Å². The van der Waals surface area contributed by atoms with E-state index in [1.54, 1.807) is 24.3 Å². The van der Waals surface area contributed by atoms with Crippen molar-refractivity contribution in [3.63, 3.8) is 0 Å². The highest BCUT2D eigenvalue weighted by atomic mass is 32.2. The Bertz CT molecular complexity index is 925. The molecule has 1 atom stereocenters. The van der Waals surface area contributed by atoms with E-state index in [4.69, 9.17) is 5.73 Å². The van der Waals surface area contributed by atoms with E-state index in [1.807, 2.05) is 19.1 Å². The summed E-state index contributed by atoms with van der Waals surface area (Å²) in [5.41, 5.74) is 7.31. The fourth-order valence-electron chi connectivity index (χ4n) is 3.20. The van der Waals surface area contributed by atoms with Gasteiger partial charge in [-0.05, 0) is 49.6 Å². The van der Waals surface area contributed by atoms with Crippen LogP contribution in [0.2, 0.25) is 0 Å². The van der Waals surface area contributed by atoms with Crippen molar-refractivity contribution in [2.45, 2.75) is 30.7 Å². The zero-order valence-corrected chi connectivity index (χ0v) is 16.3. The van der Waals surface area contributed by atoms with Crippen LogP contribution in [0.15, 0.2) is 47.6 Å². The first-order valence-corrected chi connectivity index (χ1v) is 10.3. The number of nitrogens with zero attached hydrogens (tertiary/aromatic N) is 3. The van der Waals surface area contributed by atoms with Crippen LogP contribution in [0.5, 0.6) is 0 Å². The molecule has 1 aliphatic heterocycles. The van der Waals surface area contributed by atoms with E-state index >= 15 is 0 Å². The molecule has 3 rings (SSSR count). The minimum atomic E-state index is -3.64. The molecule has 7 nitrogen and oxygen atoms in total. The van der Waals surface area contributed by atoms with Gasteiger partial charge in [0.1, 0.15) is 0 Å². The molecule has 0 aliphatic carbocycles. The molecule has 144 valence electrons. The van der Waals surface area contributed by atoms with Crippen LogP contribution in [-0.4, -0.2) is 48.7 Å². The van der Waals surface area contributed by atoms with Crippen LogP contribution in [0, 0.1) is 0 Å². The van der Waals surface area contributed by atoms with Gasteiger partial charge in [0.15, 0.2) is 0 Å². The van der Waals surface area contributed by atoms with Gasteiger partial charge in [-0.25, -0.2) is 8.42 Å². The van der Waals surface area contributed by atoms with Crippen molar-refractivity contribution in [3.8, 4) is 0 Å². The van der Waals surface area contributed by atoms with Gasteiger partial charge < -0.3 is 10.6 Å². The van der Waals surface area contributed by atoms with Crippen molar-refractivity contribution in [2.75, 3.05) is 25.9 Å². The highest BCUT2D eigenvalue weighted by Crippen LogP contribution is 2.26. The first kappa shape index (κ1) is 19.3. The van der Waals surface area contributed by atoms with Crippen molar-refractivity contribution < 1.29 is 13.2 Å². The van der Waals surface area contributed by atoms with Crippen LogP contribution in [0.25, 0.3) is 0 Å². The quantitative estimate of drug-likeness (QED) is 0.793. The predicted octanol–water partition coefficient (Wildman–Crippen LogP) is 2.28. The molecule has 1 aromatic carbocycles. The number of rotatable bonds is 5. The Morgan fingerprint density at radius 1 is 1.26 bits per heavy atom. The monoisotopic (exact) mass is 388 g/mol. The number of pyridine rings is 1. The lowest BCUT2D eigenvalue weighted by atomic mass is 10.1. The standard InChI is InChI=1S/C19H24N4O3S/c1-14(15-6-5-7-21-13-15)22(2)19(24)16-10-17(20)12-18(11-16)27(25,26)23-8-3-4-9-23/h5-7,10-14H,3-4,8-9,20H2,1-2H3/t14-/m0/s1. The number of aromatic nitrogens is 1. The molecule has 0 saturated carbocycles. The van der Waals surface area contributed by atoms with Gasteiger partial charge >= 0.3 is 0 Å². The third-order valence-electron chi connectivity index (χ3n) is 4.95. The Hall–Kier alpha value is -2.45. The second-order valence-electron chi connectivity index (χ2n) is 6.78. The fourth-order valence-corrected chi connectivity index (χ4v) is 4.80. The summed E-state index contributed by atoms with van der Waals surface area (Å²) in [4.78, 5) is 18.7. The van der Waals surface area contributed by atoms with E-state index in [0.29, 0.717) is 13.1 Å². The summed E-state index contributed by atoms with van der Waals surface area (Å²) in [5, 5.41) is 0. The number of nitrogens with two attached hydrogens (primary N) is 1. The van der Waals surface area contributed by atoms with Gasteiger partial charge in [0.2, 0.25) is 10.0 Å². The summed E-state index contributed by atoms with van der Waals surface area (Å²) in [6, 6.07) is 7.83. The largest absolute Gasteiger partial charge is 0.399 e. The van der Waals surface area contributed by atoms with Crippen molar-refractivity contribution in [1.82, 2.24) is 14.2 Å². The predicted molar refractivity (Wildman–Crippen MR) is 104 cm³/mol. The molecule has 0 unspecified atom stereocenters. The van der Waals surface area contributed by atoms with Crippen LogP contribution in [0.4, 0.5) is 5.69 Å². The molecule has 0 bridgehead atoms. The molecular weight excluding hydrogens is 364 g/mol. The topological polar surface area (TPSA) is 96.6 Å². The molecular formula is C19H24N4O3S. The minimum absolute atomic E-state index is 0.0650. The summed E-state index contributed by atoms with van der Waals surface area (Å²) in [6.45, 7) is 2.89. The maximum atomic E-state index is 13.0. The number of sulfonamides is 1. The summed E-state index contributed by atoms with van der Waals surface area (Å²) >= 11 is 0. The van der Waals surface area contributed by atoms with E-state index in [9.17, 15) is 13.2 Å². The lowest BCUT2D eigenvalue weighted by molar-refractivity contribution is 0.0742. The van der Waals surface area contributed by atoms with E-state index in [1.165, 1.54) is 22.5 Å². The molecule has 1 saturated heterocycles. The average molecular weight is 388 g/mol. The van der Waals surface area contributed by atoms with Crippen LogP contribution >= 0.6 is 0 Å². The molecule has 2 heterocycles. The molecule has 1 amide bonds. The molecule has 0 radical (unpaired) electrons. The highest BCUT2D eigenvalue weighted by Gasteiger charge is 2.29. The third-order valence-corrected chi connectivity index (χ3v) is 6.82. The molecule has 27 heavy (non-hydrogen) atoms. The van der Waals surface area contributed by atoms with Crippen LogP contribution in [0.3, 0.4) is 0 Å². The van der Waals surface area contributed by atoms with Crippen molar-refractivity contribution >= 4 is 21.6 Å². The Kier molecular flexibility index (Phi) is 5.48. The fraction of sp³-hybridized carbons (Fsp3) is 0.368. The van der Waals surface area contributed by atoms with E-state index < -0.39 is 10.0 Å². The van der Waals surface area contributed by atoms with Gasteiger partial charge in [-0.15, -0.1) is 0 Å². The smallest absolute Gasteiger partial charge is 0.254 e. The molecule has 8 heteroatoms. The normalized spacial score (nSPS) is 16.2. The molecule has 1 aliphatic rings. The van der Waals surface area contributed by atoms with Gasteiger partial charge in [-0.1, -0.05) is 6.07 Å². The summed E-state index contributed by atoms with van der Waals surface area (Å²) < 4.78 is 27.1. The Morgan fingerprint density at radius 2 is 1.96 bits per heavy atom. The summed E-state index contributed by atoms with van der Waals surface area (Å²) in [7, 11) is -1.96. The Balaban J connectivity index is 1.90. The average Bonchev–Trinajstić information content (AvgIpc) is 3.22. The second-order valence-corrected chi connectivity index (χ2v) is 8.72. The number of nitrogen functional groups attached to an aromatic ring is 1. The SMILES string of the molecule is C[C@@H](c1cccnc1)N(C)C(=O)c1cc(N)cc(S(=O)(=O)N2CCCC2)c1. The summed E-state index contributed by atoms with van der Waals surface area (Å²) in [5.74, 6) is -0.295. The van der Waals surface area contributed by atoms with Gasteiger partial charge in [0.05, 0.1) is 10.9 Å². The number of carbonyl (C=O) groups is 1. The molecule has 0 spiro atoms. The Labute approximate surface area is 159 Å². The maximum absolute atomic E-state index is 13.0. The lowest BCUT2D eigenvalue weighted by Crippen LogP contribution is -2.31. The van der Waals surface area contributed by atoms with Crippen LogP contribution < -0.4 is 5.73 Å². The Morgan fingerprint density at radius 3 is 2.59 bits per heavy atom. The van der Waals surface area contributed by atoms with Gasteiger partial charge in [0, 0.05) is 43.8 Å². The number of hydrogen-bond acceptors (Lipinski definition) is 5. The number of anilines is 1. The van der Waals surface area contributed by atoms with Gasteiger partial charge in [-0.2, -0.15) is 4.31 Å². The highest BCUT2D eigenvalue weighted by molar-refractivity contribution is 7.89. The first-order chi connectivity index (χ1) is 12.8. The van der Waals surface area contributed by atoms with Crippen LogP contribution in [0.1, 0.15) is 41.7 Å². The zero-order chi connectivity index (χ0) is 19.6. The van der Waals surface area contributed by atoms with E-state index in [-0.39, 0.29) is 28.1 Å². The van der Waals surface area contributed by atoms with Crippen molar-refractivity contribution in [2.24, 2.45) is 0 Å². The summed E-state index contributed by atoms with van der Waals surface area (Å²) in [6.07, 6.45) is 5.07. The molecule has 1 aromatic heterocycles. The third kappa shape index (κ3) is 3.96.